The summed E-state index contributed by atoms with van der Waals surface area (Å²) in [6.45, 7) is -0.566. The Morgan fingerprint density at radius 3 is 1.45 bits per heavy atom. The molecule has 0 aromatic rings. The minimum Gasteiger partial charge on any atom is -0.237 e. The molecule has 0 amide bonds. The molecular weight excluding hydrogens is 305 g/mol. The van der Waals surface area contributed by atoms with Crippen molar-refractivity contribution in [3.05, 3.63) is 12.4 Å². The highest BCUT2D eigenvalue weighted by molar-refractivity contribution is 5.00. The molecule has 1 saturated heterocycles. The second-order valence-electron chi connectivity index (χ2n) is 4.56. The molecule has 1 fully saturated rings. The van der Waals surface area contributed by atoms with Crippen LogP contribution in [0.3, 0.4) is 0 Å². The van der Waals surface area contributed by atoms with Gasteiger partial charge >= 0.3 is 18.4 Å². The molecule has 0 bridgehead atoms. The van der Waals surface area contributed by atoms with Crippen LogP contribution in [0, 0.1) is 11.8 Å². The number of hydrogen-bond donors (Lipinski definition) is 0. The lowest BCUT2D eigenvalue weighted by Crippen LogP contribution is -2.55. The van der Waals surface area contributed by atoms with Gasteiger partial charge in [0.25, 0.3) is 0 Å². The molecule has 1 aliphatic rings. The lowest BCUT2D eigenvalue weighted by molar-refractivity contribution is -0.256. The Balaban J connectivity index is 3.06. The van der Waals surface area contributed by atoms with E-state index in [9.17, 15) is 39.5 Å². The third-order valence-corrected chi connectivity index (χ3v) is 3.10. The summed E-state index contributed by atoms with van der Waals surface area (Å²) in [5.74, 6) is -7.50. The van der Waals surface area contributed by atoms with Crippen LogP contribution in [-0.2, 0) is 0 Å². The maximum Gasteiger partial charge on any atom is 0.393 e. The summed E-state index contributed by atoms with van der Waals surface area (Å²) in [5, 5.41) is 0. The van der Waals surface area contributed by atoms with E-state index in [0.29, 0.717) is 0 Å². The summed E-state index contributed by atoms with van der Waals surface area (Å²) >= 11 is 0. The first-order chi connectivity index (χ1) is 8.76. The van der Waals surface area contributed by atoms with Crippen molar-refractivity contribution < 1.29 is 39.5 Å². The Morgan fingerprint density at radius 1 is 0.850 bits per heavy atom. The lowest BCUT2D eigenvalue weighted by Gasteiger charge is -2.41. The van der Waals surface area contributed by atoms with Crippen LogP contribution in [0.5, 0.6) is 0 Å². The van der Waals surface area contributed by atoms with Crippen molar-refractivity contribution in [2.24, 2.45) is 11.8 Å². The van der Waals surface area contributed by atoms with Gasteiger partial charge in [0.1, 0.15) is 0 Å². The second kappa shape index (κ2) is 5.12. The fourth-order valence-electron chi connectivity index (χ4n) is 1.97. The lowest BCUT2D eigenvalue weighted by atomic mass is 9.88. The van der Waals surface area contributed by atoms with E-state index < -0.39 is 60.5 Å². The molecule has 20 heavy (non-hydrogen) atoms. The van der Waals surface area contributed by atoms with Crippen LogP contribution in [0.25, 0.3) is 0 Å². The van der Waals surface area contributed by atoms with Crippen molar-refractivity contribution in [1.82, 2.24) is 4.90 Å². The van der Waals surface area contributed by atoms with Gasteiger partial charge in [0.15, 0.2) is 5.83 Å². The maximum atomic E-state index is 13.3. The number of halogens is 9. The van der Waals surface area contributed by atoms with Gasteiger partial charge in [-0.1, -0.05) is 6.58 Å². The zero-order valence-corrected chi connectivity index (χ0v) is 9.83. The molecule has 0 aromatic heterocycles. The van der Waals surface area contributed by atoms with Crippen molar-refractivity contribution in [2.45, 2.75) is 24.8 Å². The van der Waals surface area contributed by atoms with Gasteiger partial charge in [-0.25, -0.2) is 9.29 Å². The summed E-state index contributed by atoms with van der Waals surface area (Å²) in [5.41, 5.74) is 0. The molecule has 0 spiro atoms. The average molecular weight is 315 g/mol. The Bertz CT molecular complexity index is 348. The molecule has 2 unspecified atom stereocenters. The van der Waals surface area contributed by atoms with Gasteiger partial charge in [0.2, 0.25) is 0 Å². The minimum absolute atomic E-state index is 0.463. The van der Waals surface area contributed by atoms with Gasteiger partial charge in [-0.05, 0) is 6.42 Å². The van der Waals surface area contributed by atoms with Gasteiger partial charge in [-0.3, -0.25) is 0 Å². The monoisotopic (exact) mass is 315 g/mol. The van der Waals surface area contributed by atoms with Crippen LogP contribution < -0.4 is 0 Å². The number of likely N-dealkylation sites (tertiary alicyclic amines) is 1. The number of rotatable bonds is 2. The average Bonchev–Trinajstić information content (AvgIpc) is 2.25. The summed E-state index contributed by atoms with van der Waals surface area (Å²) < 4.78 is 114. The van der Waals surface area contributed by atoms with Crippen LogP contribution in [0.1, 0.15) is 6.42 Å². The summed E-state index contributed by atoms with van der Waals surface area (Å²) in [4.78, 5) is -0.463. The third kappa shape index (κ3) is 3.58. The molecule has 1 nitrogen and oxygen atoms in total. The van der Waals surface area contributed by atoms with E-state index in [1.54, 1.807) is 0 Å². The first-order valence-electron chi connectivity index (χ1n) is 5.37. The minimum atomic E-state index is -5.07. The third-order valence-electron chi connectivity index (χ3n) is 3.10. The Kier molecular flexibility index (Phi) is 4.38. The van der Waals surface area contributed by atoms with Gasteiger partial charge < -0.3 is 0 Å². The van der Waals surface area contributed by atoms with E-state index in [1.807, 2.05) is 0 Å². The molecule has 1 heterocycles. The number of nitrogens with zero attached hydrogens (tertiary/aromatic N) is 1. The van der Waals surface area contributed by atoms with Crippen LogP contribution in [0.4, 0.5) is 39.5 Å². The normalized spacial score (nSPS) is 26.6. The number of hydrogen-bond acceptors (Lipinski definition) is 1. The SMILES string of the molecule is C=C(F)C(F)(F)N1CC(C(F)(F)F)CC(C(F)(F)F)C1. The van der Waals surface area contributed by atoms with E-state index in [-0.39, 0.29) is 0 Å². The highest BCUT2D eigenvalue weighted by Crippen LogP contribution is 2.44. The fourth-order valence-corrected chi connectivity index (χ4v) is 1.97. The first-order valence-corrected chi connectivity index (χ1v) is 5.37. The van der Waals surface area contributed by atoms with Gasteiger partial charge in [0, 0.05) is 13.1 Å². The van der Waals surface area contributed by atoms with Crippen LogP contribution in [-0.4, -0.2) is 36.4 Å². The highest BCUT2D eigenvalue weighted by atomic mass is 19.4. The van der Waals surface area contributed by atoms with Crippen LogP contribution in [0.2, 0.25) is 0 Å². The molecule has 0 radical (unpaired) electrons. The zero-order valence-electron chi connectivity index (χ0n) is 9.83. The molecule has 0 aliphatic carbocycles. The molecule has 10 heteroatoms. The summed E-state index contributed by atoms with van der Waals surface area (Å²) in [6, 6.07) is -4.56. The van der Waals surface area contributed by atoms with Gasteiger partial charge in [0.05, 0.1) is 11.8 Å². The number of piperidine rings is 1. The van der Waals surface area contributed by atoms with E-state index in [0.717, 1.165) is 0 Å². The van der Waals surface area contributed by atoms with Crippen LogP contribution >= 0.6 is 0 Å². The summed E-state index contributed by atoms with van der Waals surface area (Å²) in [6.07, 6.45) is -11.5. The Labute approximate surface area is 108 Å². The molecule has 0 saturated carbocycles. The topological polar surface area (TPSA) is 3.24 Å². The van der Waals surface area contributed by atoms with Gasteiger partial charge in [-0.2, -0.15) is 35.1 Å². The molecule has 2 atom stereocenters. The van der Waals surface area contributed by atoms with Crippen molar-refractivity contribution in [2.75, 3.05) is 13.1 Å². The van der Waals surface area contributed by atoms with E-state index >= 15 is 0 Å². The predicted molar refractivity (Wildman–Crippen MR) is 50.5 cm³/mol. The maximum absolute atomic E-state index is 13.3. The smallest absolute Gasteiger partial charge is 0.237 e. The molecule has 1 rings (SSSR count). The van der Waals surface area contributed by atoms with Crippen molar-refractivity contribution in [3.63, 3.8) is 0 Å². The van der Waals surface area contributed by atoms with E-state index in [2.05, 4.69) is 6.58 Å². The van der Waals surface area contributed by atoms with E-state index in [4.69, 9.17) is 0 Å². The molecule has 0 N–H and O–H groups in total. The molecule has 0 aromatic carbocycles. The first kappa shape index (κ1) is 17.1. The quantitative estimate of drug-likeness (QED) is 0.547. The standard InChI is InChI=1S/C10H10F9N/c1-5(11)10(18,19)20-3-6(8(12,13)14)2-7(4-20)9(15,16)17/h6-7H,1-4H2. The number of alkyl halides is 8. The van der Waals surface area contributed by atoms with Crippen molar-refractivity contribution in [3.8, 4) is 0 Å². The van der Waals surface area contributed by atoms with Gasteiger partial charge in [-0.15, -0.1) is 0 Å². The highest BCUT2D eigenvalue weighted by Gasteiger charge is 2.56. The molecule has 118 valence electrons. The summed E-state index contributed by atoms with van der Waals surface area (Å²) in [7, 11) is 0. The predicted octanol–water partition coefficient (Wildman–Crippen LogP) is 4.13. The fraction of sp³-hybridized carbons (Fsp3) is 0.800. The van der Waals surface area contributed by atoms with Crippen molar-refractivity contribution in [1.29, 1.82) is 0 Å². The Morgan fingerprint density at radius 2 is 1.20 bits per heavy atom. The molecular formula is C10H10F9N. The van der Waals surface area contributed by atoms with Crippen molar-refractivity contribution >= 4 is 0 Å². The van der Waals surface area contributed by atoms with E-state index in [1.165, 1.54) is 0 Å². The largest absolute Gasteiger partial charge is 0.393 e. The second-order valence-corrected chi connectivity index (χ2v) is 4.56. The zero-order chi connectivity index (χ0) is 15.9. The van der Waals surface area contributed by atoms with Crippen LogP contribution in [0.15, 0.2) is 12.4 Å². The Hall–Kier alpha value is -0.930. The molecule has 1 aliphatic heterocycles.